The van der Waals surface area contributed by atoms with Crippen molar-refractivity contribution >= 4 is 41.4 Å². The fraction of sp³-hybridized carbons (Fsp3) is 0.444. The third-order valence-electron chi connectivity index (χ3n) is 4.83. The van der Waals surface area contributed by atoms with E-state index >= 15 is 0 Å². The SMILES string of the molecule is CC.CC.CCNC(=O)CNC(=O)[C@H](Cc1ccccc1)NC(=O)CNC(=O)CNC(=O)CN1C(=O)C=CC1=O. The molecule has 0 unspecified atom stereocenters. The predicted molar refractivity (Wildman–Crippen MR) is 148 cm³/mol. The van der Waals surface area contributed by atoms with Crippen molar-refractivity contribution in [3.63, 3.8) is 0 Å². The first-order valence-electron chi connectivity index (χ1n) is 13.1. The zero-order valence-corrected chi connectivity index (χ0v) is 23.7. The van der Waals surface area contributed by atoms with Crippen molar-refractivity contribution < 1.29 is 33.6 Å². The number of benzene rings is 1. The van der Waals surface area contributed by atoms with Crippen molar-refractivity contribution in [2.75, 3.05) is 32.7 Å². The molecule has 0 aromatic heterocycles. The summed E-state index contributed by atoms with van der Waals surface area (Å²) in [5, 5.41) is 12.1. The third kappa shape index (κ3) is 13.8. The number of amides is 7. The Bertz CT molecular complexity index is 1030. The fourth-order valence-electron chi connectivity index (χ4n) is 3.06. The maximum Gasteiger partial charge on any atom is 0.254 e. The molecule has 5 N–H and O–H groups in total. The van der Waals surface area contributed by atoms with Crippen molar-refractivity contribution in [2.45, 2.75) is 47.1 Å². The van der Waals surface area contributed by atoms with Gasteiger partial charge in [0.05, 0.1) is 19.6 Å². The third-order valence-corrected chi connectivity index (χ3v) is 4.83. The minimum absolute atomic E-state index is 0.153. The minimum atomic E-state index is -1.00. The first kappa shape index (κ1) is 35.5. The number of nitrogens with one attached hydrogen (secondary N) is 5. The number of hydrogen-bond donors (Lipinski definition) is 5. The molecule has 0 radical (unpaired) electrons. The second kappa shape index (κ2) is 20.4. The molecule has 1 aliphatic rings. The van der Waals surface area contributed by atoms with Gasteiger partial charge >= 0.3 is 0 Å². The van der Waals surface area contributed by atoms with Crippen LogP contribution in [0.3, 0.4) is 0 Å². The van der Waals surface area contributed by atoms with Crippen LogP contribution in [0.5, 0.6) is 0 Å². The molecule has 1 atom stereocenters. The smallest absolute Gasteiger partial charge is 0.254 e. The summed E-state index contributed by atoms with van der Waals surface area (Å²) in [4.78, 5) is 84.1. The summed E-state index contributed by atoms with van der Waals surface area (Å²) in [5.41, 5.74) is 0.771. The summed E-state index contributed by atoms with van der Waals surface area (Å²) in [6.45, 7) is 8.39. The Balaban J connectivity index is 0.00000363. The molecule has 1 aromatic carbocycles. The van der Waals surface area contributed by atoms with Gasteiger partial charge in [0, 0.05) is 25.1 Å². The van der Waals surface area contributed by atoms with Crippen LogP contribution in [-0.4, -0.2) is 85.0 Å². The second-order valence-corrected chi connectivity index (χ2v) is 7.63. The Hall–Kier alpha value is -4.55. The monoisotopic (exact) mass is 560 g/mol. The molecule has 0 bridgehead atoms. The van der Waals surface area contributed by atoms with Crippen molar-refractivity contribution in [2.24, 2.45) is 0 Å². The molecular formula is C27H40N6O7. The number of rotatable bonds is 13. The molecule has 13 heteroatoms. The summed E-state index contributed by atoms with van der Waals surface area (Å²) in [5.74, 6) is -4.30. The lowest BCUT2D eigenvalue weighted by molar-refractivity contribution is -0.141. The van der Waals surface area contributed by atoms with Gasteiger partial charge in [-0.25, -0.2) is 0 Å². The van der Waals surface area contributed by atoms with Crippen LogP contribution >= 0.6 is 0 Å². The van der Waals surface area contributed by atoms with Gasteiger partial charge in [0.2, 0.25) is 29.5 Å². The summed E-state index contributed by atoms with van der Waals surface area (Å²) in [6.07, 6.45) is 2.22. The van der Waals surface area contributed by atoms with Gasteiger partial charge in [0.15, 0.2) is 0 Å². The molecule has 13 nitrogen and oxygen atoms in total. The number of nitrogens with zero attached hydrogens (tertiary/aromatic N) is 1. The van der Waals surface area contributed by atoms with Gasteiger partial charge in [-0.2, -0.15) is 0 Å². The normalized spacial score (nSPS) is 12.1. The van der Waals surface area contributed by atoms with Crippen LogP contribution < -0.4 is 26.6 Å². The number of likely N-dealkylation sites (N-methyl/N-ethyl adjacent to an activating group) is 1. The van der Waals surface area contributed by atoms with Crippen molar-refractivity contribution in [3.8, 4) is 0 Å². The number of imide groups is 1. The highest BCUT2D eigenvalue weighted by Crippen LogP contribution is 2.04. The zero-order chi connectivity index (χ0) is 30.5. The van der Waals surface area contributed by atoms with Gasteiger partial charge < -0.3 is 26.6 Å². The molecule has 1 aromatic rings. The standard InChI is InChI=1S/C23H28N6O7.2C2H6/c1-2-24-17(30)12-27-23(36)16(10-15-6-4-3-5-7-15)28-19(32)13-25-18(31)11-26-20(33)14-29-21(34)8-9-22(29)35;2*1-2/h3-9,16H,2,10-14H2,1H3,(H,24,30)(H,25,31)(H,26,33)(H,27,36)(H,28,32);2*1-2H3/t16-;;/m0../s1. The van der Waals surface area contributed by atoms with E-state index in [1.54, 1.807) is 37.3 Å². The van der Waals surface area contributed by atoms with E-state index < -0.39 is 61.1 Å². The van der Waals surface area contributed by atoms with Crippen LogP contribution in [0.25, 0.3) is 0 Å². The molecule has 0 saturated heterocycles. The average molecular weight is 561 g/mol. The van der Waals surface area contributed by atoms with Crippen LogP contribution in [-0.2, 0) is 40.0 Å². The maximum absolute atomic E-state index is 12.6. The summed E-state index contributed by atoms with van der Waals surface area (Å²) in [7, 11) is 0. The van der Waals surface area contributed by atoms with E-state index in [0.29, 0.717) is 11.4 Å². The second-order valence-electron chi connectivity index (χ2n) is 7.63. The van der Waals surface area contributed by atoms with Crippen LogP contribution in [0, 0.1) is 0 Å². The van der Waals surface area contributed by atoms with Gasteiger partial charge in [0.1, 0.15) is 12.6 Å². The highest BCUT2D eigenvalue weighted by atomic mass is 16.2. The Morgan fingerprint density at radius 1 is 0.700 bits per heavy atom. The van der Waals surface area contributed by atoms with E-state index in [2.05, 4.69) is 26.6 Å². The molecule has 40 heavy (non-hydrogen) atoms. The number of carbonyl (C=O) groups is 7. The molecule has 0 spiro atoms. The van der Waals surface area contributed by atoms with Gasteiger partial charge in [-0.05, 0) is 12.5 Å². The molecule has 1 heterocycles. The van der Waals surface area contributed by atoms with Gasteiger partial charge in [-0.15, -0.1) is 0 Å². The quantitative estimate of drug-likeness (QED) is 0.195. The summed E-state index contributed by atoms with van der Waals surface area (Å²) >= 11 is 0. The van der Waals surface area contributed by atoms with Crippen molar-refractivity contribution in [1.29, 1.82) is 0 Å². The Morgan fingerprint density at radius 2 is 1.20 bits per heavy atom. The Morgan fingerprint density at radius 3 is 1.77 bits per heavy atom. The lowest BCUT2D eigenvalue weighted by Crippen LogP contribution is -2.52. The van der Waals surface area contributed by atoms with Crippen LogP contribution in [0.2, 0.25) is 0 Å². The minimum Gasteiger partial charge on any atom is -0.355 e. The maximum atomic E-state index is 12.6. The van der Waals surface area contributed by atoms with E-state index in [1.807, 2.05) is 27.7 Å². The van der Waals surface area contributed by atoms with Gasteiger partial charge in [-0.1, -0.05) is 58.0 Å². The Labute approximate surface area is 234 Å². The van der Waals surface area contributed by atoms with Crippen LogP contribution in [0.15, 0.2) is 42.5 Å². The van der Waals surface area contributed by atoms with E-state index in [9.17, 15) is 33.6 Å². The first-order valence-corrected chi connectivity index (χ1v) is 13.1. The fourth-order valence-corrected chi connectivity index (χ4v) is 3.06. The highest BCUT2D eigenvalue weighted by Gasteiger charge is 2.26. The van der Waals surface area contributed by atoms with E-state index in [4.69, 9.17) is 0 Å². The van der Waals surface area contributed by atoms with Gasteiger partial charge in [-0.3, -0.25) is 38.5 Å². The molecule has 220 valence electrons. The summed E-state index contributed by atoms with van der Waals surface area (Å²) < 4.78 is 0. The average Bonchev–Trinajstić information content (AvgIpc) is 3.28. The zero-order valence-electron chi connectivity index (χ0n) is 23.7. The highest BCUT2D eigenvalue weighted by molar-refractivity contribution is 6.14. The van der Waals surface area contributed by atoms with E-state index in [1.165, 1.54) is 0 Å². The van der Waals surface area contributed by atoms with E-state index in [0.717, 1.165) is 17.7 Å². The van der Waals surface area contributed by atoms with E-state index in [-0.39, 0.29) is 18.9 Å². The Kier molecular flexibility index (Phi) is 18.1. The summed E-state index contributed by atoms with van der Waals surface area (Å²) in [6, 6.07) is 7.91. The molecule has 0 fully saturated rings. The molecule has 2 rings (SSSR count). The molecular weight excluding hydrogens is 520 g/mol. The lowest BCUT2D eigenvalue weighted by Gasteiger charge is -2.19. The molecule has 0 aliphatic carbocycles. The topological polar surface area (TPSA) is 183 Å². The van der Waals surface area contributed by atoms with Crippen LogP contribution in [0.1, 0.15) is 40.2 Å². The lowest BCUT2D eigenvalue weighted by atomic mass is 10.1. The largest absolute Gasteiger partial charge is 0.355 e. The van der Waals surface area contributed by atoms with Crippen LogP contribution in [0.4, 0.5) is 0 Å². The molecule has 0 saturated carbocycles. The first-order chi connectivity index (χ1) is 19.2. The van der Waals surface area contributed by atoms with Crippen molar-refractivity contribution in [3.05, 3.63) is 48.0 Å². The van der Waals surface area contributed by atoms with Gasteiger partial charge in [0.25, 0.3) is 11.8 Å². The van der Waals surface area contributed by atoms with Crippen molar-refractivity contribution in [1.82, 2.24) is 31.5 Å². The molecule has 1 aliphatic heterocycles. The number of hydrogen-bond acceptors (Lipinski definition) is 7. The predicted octanol–water partition coefficient (Wildman–Crippen LogP) is -0.824. The molecule has 7 amide bonds. The number of carbonyl (C=O) groups excluding carboxylic acids is 7.